The van der Waals surface area contributed by atoms with Crippen molar-refractivity contribution < 1.29 is 18.0 Å². The topological polar surface area (TPSA) is 33.6 Å². The van der Waals surface area contributed by atoms with Gasteiger partial charge in [-0.3, -0.25) is 0 Å². The van der Waals surface area contributed by atoms with Gasteiger partial charge in [0.1, 0.15) is 7.11 Å². The van der Waals surface area contributed by atoms with Crippen molar-refractivity contribution in [3.8, 4) is 0 Å². The summed E-state index contributed by atoms with van der Waals surface area (Å²) in [4.78, 5) is 4.70. The van der Waals surface area contributed by atoms with E-state index in [1.165, 1.54) is 7.11 Å². The molecule has 108 valence electrons. The number of oxime groups is 1. The second-order valence-electron chi connectivity index (χ2n) is 5.32. The molecule has 1 saturated heterocycles. The summed E-state index contributed by atoms with van der Waals surface area (Å²) in [6.07, 6.45) is -2.52. The summed E-state index contributed by atoms with van der Waals surface area (Å²) < 4.78 is 37.8. The molecule has 0 radical (unpaired) electrons. The zero-order chi connectivity index (χ0) is 14.4. The molecular weight excluding hydrogens is 269 g/mol. The summed E-state index contributed by atoms with van der Waals surface area (Å²) in [6, 6.07) is 5.48. The van der Waals surface area contributed by atoms with Crippen molar-refractivity contribution in [3.63, 3.8) is 0 Å². The van der Waals surface area contributed by atoms with Crippen molar-refractivity contribution in [3.05, 3.63) is 35.4 Å². The minimum absolute atomic E-state index is 0.119. The molecule has 0 amide bonds. The highest BCUT2D eigenvalue weighted by molar-refractivity contribution is 5.71. The molecule has 2 aliphatic rings. The van der Waals surface area contributed by atoms with Gasteiger partial charge in [0.05, 0.1) is 5.56 Å². The van der Waals surface area contributed by atoms with Crippen molar-refractivity contribution in [2.45, 2.75) is 11.6 Å². The van der Waals surface area contributed by atoms with Crippen LogP contribution in [0.15, 0.2) is 29.4 Å². The largest absolute Gasteiger partial charge is 0.416 e. The Balaban J connectivity index is 1.87. The molecule has 3 rings (SSSR count). The van der Waals surface area contributed by atoms with Gasteiger partial charge in [-0.05, 0) is 30.2 Å². The lowest BCUT2D eigenvalue weighted by Crippen LogP contribution is -2.24. The predicted octanol–water partition coefficient (Wildman–Crippen LogP) is 2.42. The number of hydrogen-bond donors (Lipinski definition) is 1. The van der Waals surface area contributed by atoms with Crippen LogP contribution in [-0.4, -0.2) is 26.4 Å². The lowest BCUT2D eigenvalue weighted by Gasteiger charge is -2.15. The minimum Gasteiger partial charge on any atom is -0.399 e. The molecule has 3 nitrogen and oxygen atoms in total. The number of fused-ring (bicyclic) bond motifs is 1. The van der Waals surface area contributed by atoms with E-state index in [1.54, 1.807) is 18.3 Å². The molecule has 1 aliphatic carbocycles. The monoisotopic (exact) mass is 284 g/mol. The van der Waals surface area contributed by atoms with Gasteiger partial charge in [0.25, 0.3) is 0 Å². The molecule has 1 aromatic rings. The van der Waals surface area contributed by atoms with Crippen LogP contribution in [0.4, 0.5) is 13.2 Å². The fourth-order valence-electron chi connectivity index (χ4n) is 3.38. The van der Waals surface area contributed by atoms with E-state index in [2.05, 4.69) is 10.5 Å². The quantitative estimate of drug-likeness (QED) is 0.683. The number of hydrogen-bond acceptors (Lipinski definition) is 3. The molecule has 1 saturated carbocycles. The summed E-state index contributed by atoms with van der Waals surface area (Å²) in [5.74, 6) is 0.624. The molecule has 6 heteroatoms. The Kier molecular flexibility index (Phi) is 3.01. The van der Waals surface area contributed by atoms with Crippen molar-refractivity contribution in [1.82, 2.24) is 5.32 Å². The Labute approximate surface area is 114 Å². The molecule has 20 heavy (non-hydrogen) atoms. The highest BCUT2D eigenvalue weighted by Gasteiger charge is 2.67. The van der Waals surface area contributed by atoms with E-state index in [0.29, 0.717) is 5.92 Å². The number of benzene rings is 1. The summed E-state index contributed by atoms with van der Waals surface area (Å²) in [5, 5.41) is 7.10. The molecule has 3 atom stereocenters. The predicted molar refractivity (Wildman–Crippen MR) is 68.5 cm³/mol. The normalized spacial score (nSPS) is 32.4. The van der Waals surface area contributed by atoms with E-state index in [4.69, 9.17) is 4.84 Å². The summed E-state index contributed by atoms with van der Waals surface area (Å²) in [6.45, 7) is 1.63. The van der Waals surface area contributed by atoms with Gasteiger partial charge < -0.3 is 10.2 Å². The number of rotatable bonds is 3. The van der Waals surface area contributed by atoms with Crippen LogP contribution in [-0.2, 0) is 16.4 Å². The first-order valence-corrected chi connectivity index (χ1v) is 6.45. The summed E-state index contributed by atoms with van der Waals surface area (Å²) >= 11 is 0. The number of nitrogens with zero attached hydrogens (tertiary/aromatic N) is 1. The molecule has 1 aromatic carbocycles. The van der Waals surface area contributed by atoms with Crippen molar-refractivity contribution in [2.75, 3.05) is 20.2 Å². The number of alkyl halides is 3. The van der Waals surface area contributed by atoms with Crippen molar-refractivity contribution in [1.29, 1.82) is 0 Å². The first-order valence-electron chi connectivity index (χ1n) is 6.45. The molecular formula is C14H15F3N2O. The van der Waals surface area contributed by atoms with E-state index >= 15 is 0 Å². The standard InChI is InChI=1S/C14H15F3N2O/c1-20-19-7-12-11-6-18-8-13(11,12)9-2-4-10(5-3-9)14(15,16)17/h2-5,7,11-12,18H,6,8H2,1H3/b19-7+. The Bertz CT molecular complexity index is 526. The zero-order valence-corrected chi connectivity index (χ0v) is 10.9. The Morgan fingerprint density at radius 1 is 1.35 bits per heavy atom. The van der Waals surface area contributed by atoms with Crippen LogP contribution in [0.25, 0.3) is 0 Å². The number of nitrogens with one attached hydrogen (secondary N) is 1. The van der Waals surface area contributed by atoms with E-state index in [0.717, 1.165) is 30.8 Å². The second-order valence-corrected chi connectivity index (χ2v) is 5.32. The van der Waals surface area contributed by atoms with Gasteiger partial charge in [0, 0.05) is 24.1 Å². The van der Waals surface area contributed by atoms with Gasteiger partial charge in [0.2, 0.25) is 0 Å². The van der Waals surface area contributed by atoms with Crippen molar-refractivity contribution >= 4 is 6.21 Å². The lowest BCUT2D eigenvalue weighted by atomic mass is 9.92. The van der Waals surface area contributed by atoms with Crippen LogP contribution >= 0.6 is 0 Å². The Morgan fingerprint density at radius 2 is 2.05 bits per heavy atom. The van der Waals surface area contributed by atoms with Crippen LogP contribution in [0.2, 0.25) is 0 Å². The molecule has 3 unspecified atom stereocenters. The number of halogens is 3. The molecule has 1 N–H and O–H groups in total. The van der Waals surface area contributed by atoms with E-state index in [1.807, 2.05) is 0 Å². The van der Waals surface area contributed by atoms with Crippen molar-refractivity contribution in [2.24, 2.45) is 17.0 Å². The Hall–Kier alpha value is -1.56. The smallest absolute Gasteiger partial charge is 0.399 e. The van der Waals surface area contributed by atoms with Crippen LogP contribution in [0.1, 0.15) is 11.1 Å². The highest BCUT2D eigenvalue weighted by Crippen LogP contribution is 2.61. The van der Waals surface area contributed by atoms with E-state index in [-0.39, 0.29) is 11.3 Å². The SMILES string of the molecule is CO/N=C/C1C2CNCC12c1ccc(C(F)(F)F)cc1. The van der Waals surface area contributed by atoms with Gasteiger partial charge in [0.15, 0.2) is 0 Å². The van der Waals surface area contributed by atoms with Gasteiger partial charge in [-0.25, -0.2) is 0 Å². The van der Waals surface area contributed by atoms with E-state index in [9.17, 15) is 13.2 Å². The van der Waals surface area contributed by atoms with Crippen LogP contribution in [0.3, 0.4) is 0 Å². The minimum atomic E-state index is -4.29. The first-order chi connectivity index (χ1) is 9.50. The van der Waals surface area contributed by atoms with Gasteiger partial charge in [-0.2, -0.15) is 13.2 Å². The lowest BCUT2D eigenvalue weighted by molar-refractivity contribution is -0.137. The molecule has 0 aromatic heterocycles. The number of piperidine rings is 1. The third kappa shape index (κ3) is 1.90. The maximum Gasteiger partial charge on any atom is 0.416 e. The zero-order valence-electron chi connectivity index (χ0n) is 10.9. The van der Waals surface area contributed by atoms with Crippen LogP contribution < -0.4 is 5.32 Å². The molecule has 2 fully saturated rings. The van der Waals surface area contributed by atoms with Gasteiger partial charge in [-0.1, -0.05) is 17.3 Å². The average Bonchev–Trinajstić information content (AvgIpc) is 2.80. The third-order valence-electron chi connectivity index (χ3n) is 4.44. The van der Waals surface area contributed by atoms with Gasteiger partial charge >= 0.3 is 6.18 Å². The second kappa shape index (κ2) is 4.48. The Morgan fingerprint density at radius 3 is 2.65 bits per heavy atom. The van der Waals surface area contributed by atoms with Crippen LogP contribution in [0.5, 0.6) is 0 Å². The highest BCUT2D eigenvalue weighted by atomic mass is 19.4. The molecule has 1 heterocycles. The average molecular weight is 284 g/mol. The van der Waals surface area contributed by atoms with E-state index < -0.39 is 11.7 Å². The summed E-state index contributed by atoms with van der Waals surface area (Å²) in [7, 11) is 1.48. The first kappa shape index (κ1) is 13.4. The van der Waals surface area contributed by atoms with Crippen LogP contribution in [0, 0.1) is 11.8 Å². The summed E-state index contributed by atoms with van der Waals surface area (Å²) in [5.41, 5.74) is 0.211. The molecule has 0 bridgehead atoms. The maximum atomic E-state index is 12.6. The molecule has 1 aliphatic heterocycles. The van der Waals surface area contributed by atoms with Gasteiger partial charge in [-0.15, -0.1) is 0 Å². The molecule has 0 spiro atoms. The maximum absolute atomic E-state index is 12.6. The third-order valence-corrected chi connectivity index (χ3v) is 4.44. The fourth-order valence-corrected chi connectivity index (χ4v) is 3.38. The fraction of sp³-hybridized carbons (Fsp3) is 0.500.